The molecule has 1 aromatic rings. The summed E-state index contributed by atoms with van der Waals surface area (Å²) in [5, 5.41) is 0. The monoisotopic (exact) mass is 195 g/mol. The fourth-order valence-electron chi connectivity index (χ4n) is 1.38. The van der Waals surface area contributed by atoms with Crippen molar-refractivity contribution in [2.24, 2.45) is 0 Å². The number of aromatic nitrogens is 1. The van der Waals surface area contributed by atoms with Gasteiger partial charge in [-0.1, -0.05) is 20.8 Å². The molecule has 0 amide bonds. The smallest absolute Gasteiger partial charge is 0.0567 e. The molecule has 72 valence electrons. The van der Waals surface area contributed by atoms with Crippen LogP contribution in [0.1, 0.15) is 38.8 Å². The predicted octanol–water partition coefficient (Wildman–Crippen LogP) is 3.71. The van der Waals surface area contributed by atoms with Gasteiger partial charge in [-0.25, -0.2) is 0 Å². The molecule has 0 saturated heterocycles. The maximum Gasteiger partial charge on any atom is 0.0567 e. The van der Waals surface area contributed by atoms with Gasteiger partial charge in [0.15, 0.2) is 0 Å². The third-order valence-corrected chi connectivity index (χ3v) is 3.17. The van der Waals surface area contributed by atoms with E-state index in [1.165, 1.54) is 22.8 Å². The first kappa shape index (κ1) is 10.6. The summed E-state index contributed by atoms with van der Waals surface area (Å²) in [7, 11) is 0. The summed E-state index contributed by atoms with van der Waals surface area (Å²) in [6.45, 7) is 6.26. The molecular formula is C11H17NS. The van der Waals surface area contributed by atoms with E-state index in [0.29, 0.717) is 5.92 Å². The Morgan fingerprint density at radius 3 is 2.92 bits per heavy atom. The van der Waals surface area contributed by atoms with Crippen molar-refractivity contribution in [3.05, 3.63) is 24.0 Å². The summed E-state index contributed by atoms with van der Waals surface area (Å²) in [5.41, 5.74) is 1.30. The quantitative estimate of drug-likeness (QED) is 0.626. The first-order chi connectivity index (χ1) is 6.38. The lowest BCUT2D eigenvalue weighted by Crippen LogP contribution is -2.05. The summed E-state index contributed by atoms with van der Waals surface area (Å²) < 4.78 is 0. The molecule has 0 spiro atoms. The first-order valence-electron chi connectivity index (χ1n) is 4.95. The number of thioether (sulfide) groups is 1. The number of hydrogen-bond donors (Lipinski definition) is 0. The molecule has 2 heteroatoms. The van der Waals surface area contributed by atoms with Crippen LogP contribution in [0.5, 0.6) is 0 Å². The van der Waals surface area contributed by atoms with E-state index >= 15 is 0 Å². The first-order valence-corrected chi connectivity index (χ1v) is 5.94. The Bertz CT molecular complexity index is 260. The fraction of sp³-hybridized carbons (Fsp3) is 0.545. The van der Waals surface area contributed by atoms with Crippen LogP contribution in [0.4, 0.5) is 0 Å². The second-order valence-corrected chi connectivity index (χ2v) is 4.06. The topological polar surface area (TPSA) is 12.9 Å². The van der Waals surface area contributed by atoms with Gasteiger partial charge in [0.2, 0.25) is 0 Å². The highest BCUT2D eigenvalue weighted by Gasteiger charge is 2.16. The highest BCUT2D eigenvalue weighted by Crippen LogP contribution is 2.34. The number of nitrogens with zero attached hydrogens (tertiary/aromatic N) is 1. The molecule has 2 rings (SSSR count). The van der Waals surface area contributed by atoms with Crippen molar-refractivity contribution in [2.75, 3.05) is 5.75 Å². The Morgan fingerprint density at radius 2 is 2.23 bits per heavy atom. The van der Waals surface area contributed by atoms with Crippen LogP contribution in [0.25, 0.3) is 0 Å². The van der Waals surface area contributed by atoms with E-state index in [9.17, 15) is 0 Å². The van der Waals surface area contributed by atoms with Crippen LogP contribution in [0.2, 0.25) is 0 Å². The summed E-state index contributed by atoms with van der Waals surface area (Å²) in [6.07, 6.45) is 3.16. The molecule has 0 N–H and O–H groups in total. The lowest BCUT2D eigenvalue weighted by atomic mass is 10.0. The van der Waals surface area contributed by atoms with E-state index in [4.69, 9.17) is 0 Å². The van der Waals surface area contributed by atoms with E-state index in [1.807, 2.05) is 37.9 Å². The van der Waals surface area contributed by atoms with Crippen LogP contribution in [0.3, 0.4) is 0 Å². The van der Waals surface area contributed by atoms with Gasteiger partial charge in [-0.05, 0) is 24.3 Å². The molecule has 1 aromatic heterocycles. The Balaban J connectivity index is 0.000000396. The van der Waals surface area contributed by atoms with Crippen LogP contribution in [0.15, 0.2) is 23.2 Å². The summed E-state index contributed by atoms with van der Waals surface area (Å²) in [6, 6.07) is 4.19. The largest absolute Gasteiger partial charge is 0.260 e. The summed E-state index contributed by atoms with van der Waals surface area (Å²) >= 11 is 1.93. The van der Waals surface area contributed by atoms with E-state index in [2.05, 4.69) is 18.0 Å². The van der Waals surface area contributed by atoms with Gasteiger partial charge in [-0.15, -0.1) is 11.8 Å². The van der Waals surface area contributed by atoms with Crippen LogP contribution >= 0.6 is 11.8 Å². The van der Waals surface area contributed by atoms with E-state index < -0.39 is 0 Å². The maximum absolute atomic E-state index is 4.38. The van der Waals surface area contributed by atoms with E-state index in [1.54, 1.807) is 0 Å². The van der Waals surface area contributed by atoms with Crippen molar-refractivity contribution in [3.63, 3.8) is 0 Å². The highest BCUT2D eigenvalue weighted by molar-refractivity contribution is 7.99. The van der Waals surface area contributed by atoms with Gasteiger partial charge < -0.3 is 0 Å². The lowest BCUT2D eigenvalue weighted by Gasteiger charge is -2.19. The maximum atomic E-state index is 4.38. The van der Waals surface area contributed by atoms with Crippen LogP contribution in [0, 0.1) is 0 Å². The molecule has 1 atom stereocenters. The molecular weight excluding hydrogens is 178 g/mol. The van der Waals surface area contributed by atoms with Gasteiger partial charge in [0, 0.05) is 17.0 Å². The normalized spacial score (nSPS) is 19.8. The van der Waals surface area contributed by atoms with Gasteiger partial charge >= 0.3 is 0 Å². The summed E-state index contributed by atoms with van der Waals surface area (Å²) in [4.78, 5) is 5.76. The molecule has 1 nitrogen and oxygen atoms in total. The molecule has 1 aliphatic rings. The Kier molecular flexibility index (Phi) is 4.29. The van der Waals surface area contributed by atoms with Crippen molar-refractivity contribution >= 4 is 11.8 Å². The van der Waals surface area contributed by atoms with Crippen LogP contribution in [-0.4, -0.2) is 10.7 Å². The second-order valence-electron chi connectivity index (χ2n) is 2.92. The average molecular weight is 195 g/mol. The predicted molar refractivity (Wildman–Crippen MR) is 59.3 cm³/mol. The minimum atomic E-state index is 0.660. The molecule has 13 heavy (non-hydrogen) atoms. The standard InChI is InChI=1S/C9H11NS.C2H6/c1-7-4-6-11-8-3-2-5-10-9(7)8;1-2/h2-3,5,7H,4,6H2,1H3;1-2H3. The Labute approximate surface area is 85.0 Å². The van der Waals surface area contributed by atoms with Gasteiger partial charge in [0.05, 0.1) is 5.69 Å². The highest BCUT2D eigenvalue weighted by atomic mass is 32.2. The molecule has 0 aliphatic carbocycles. The molecule has 1 unspecified atom stereocenters. The number of fused-ring (bicyclic) bond motifs is 1. The van der Waals surface area contributed by atoms with Crippen molar-refractivity contribution in [1.82, 2.24) is 4.98 Å². The molecule has 1 aliphatic heterocycles. The molecule has 2 heterocycles. The molecule has 0 fully saturated rings. The zero-order valence-corrected chi connectivity index (χ0v) is 9.40. The second kappa shape index (κ2) is 5.28. The number of rotatable bonds is 0. The van der Waals surface area contributed by atoms with Crippen molar-refractivity contribution in [3.8, 4) is 0 Å². The third-order valence-electron chi connectivity index (χ3n) is 2.07. The summed E-state index contributed by atoms with van der Waals surface area (Å²) in [5.74, 6) is 1.91. The van der Waals surface area contributed by atoms with Gasteiger partial charge in [0.1, 0.15) is 0 Å². The van der Waals surface area contributed by atoms with Crippen LogP contribution < -0.4 is 0 Å². The fourth-order valence-corrected chi connectivity index (χ4v) is 2.65. The van der Waals surface area contributed by atoms with Crippen molar-refractivity contribution in [1.29, 1.82) is 0 Å². The molecule has 0 radical (unpaired) electrons. The van der Waals surface area contributed by atoms with Gasteiger partial charge in [0.25, 0.3) is 0 Å². The minimum Gasteiger partial charge on any atom is -0.260 e. The minimum absolute atomic E-state index is 0.660. The lowest BCUT2D eigenvalue weighted by molar-refractivity contribution is 0.684. The van der Waals surface area contributed by atoms with Crippen molar-refractivity contribution < 1.29 is 0 Å². The molecule has 0 bridgehead atoms. The van der Waals surface area contributed by atoms with E-state index in [0.717, 1.165) is 0 Å². The zero-order valence-electron chi connectivity index (χ0n) is 8.58. The average Bonchev–Trinajstić information content (AvgIpc) is 2.22. The SMILES string of the molecule is CC.CC1CCSc2cccnc21. The van der Waals surface area contributed by atoms with Gasteiger partial charge in [-0.3, -0.25) is 4.98 Å². The van der Waals surface area contributed by atoms with Crippen molar-refractivity contribution in [2.45, 2.75) is 38.0 Å². The number of pyridine rings is 1. The Hall–Kier alpha value is -0.500. The van der Waals surface area contributed by atoms with Gasteiger partial charge in [-0.2, -0.15) is 0 Å². The van der Waals surface area contributed by atoms with E-state index in [-0.39, 0.29) is 0 Å². The third kappa shape index (κ3) is 2.47. The number of hydrogen-bond acceptors (Lipinski definition) is 2. The molecule has 0 saturated carbocycles. The van der Waals surface area contributed by atoms with Crippen LogP contribution in [-0.2, 0) is 0 Å². The zero-order chi connectivity index (χ0) is 9.68. The molecule has 0 aromatic carbocycles. The Morgan fingerprint density at radius 1 is 1.46 bits per heavy atom.